The topological polar surface area (TPSA) is 107 Å². The van der Waals surface area contributed by atoms with Crippen LogP contribution in [0.4, 0.5) is 18.9 Å². The van der Waals surface area contributed by atoms with Gasteiger partial charge in [-0.25, -0.2) is 4.79 Å². The number of rotatable bonds is 7. The molecule has 0 saturated heterocycles. The van der Waals surface area contributed by atoms with Gasteiger partial charge in [0.1, 0.15) is 13.1 Å². The molecule has 3 aromatic rings. The first-order valence-electron chi connectivity index (χ1n) is 9.82. The second kappa shape index (κ2) is 9.27. The Morgan fingerprint density at radius 1 is 1.06 bits per heavy atom. The molecule has 0 bridgehead atoms. The molecule has 0 fully saturated rings. The highest BCUT2D eigenvalue weighted by Gasteiger charge is 2.34. The summed E-state index contributed by atoms with van der Waals surface area (Å²) in [5.41, 5.74) is -1.83. The second-order valence-electron chi connectivity index (χ2n) is 7.19. The number of amides is 1. The highest BCUT2D eigenvalue weighted by molar-refractivity contribution is 5.81. The predicted molar refractivity (Wildman–Crippen MR) is 113 cm³/mol. The van der Waals surface area contributed by atoms with E-state index in [4.69, 9.17) is 0 Å². The molecule has 1 aromatic heterocycles. The van der Waals surface area contributed by atoms with E-state index >= 15 is 0 Å². The normalized spacial score (nSPS) is 11.5. The maximum Gasteiger partial charge on any atom is 0.406 e. The van der Waals surface area contributed by atoms with Gasteiger partial charge in [0.2, 0.25) is 5.91 Å². The van der Waals surface area contributed by atoms with Crippen LogP contribution in [0.1, 0.15) is 12.5 Å². The lowest BCUT2D eigenvalue weighted by Crippen LogP contribution is -2.45. The van der Waals surface area contributed by atoms with Crippen LogP contribution in [-0.2, 0) is 24.4 Å². The van der Waals surface area contributed by atoms with Gasteiger partial charge in [-0.15, -0.1) is 0 Å². The standard InChI is InChI=1S/C21H19F3N4O5/c1-2-26-19(30)15-8-4-6-10-17(15)27(20(26)31)12-18(29)25(13-21(22,23)24)11-14-7-3-5-9-16(14)28(32)33/h3-10H,2,11-13H2,1H3. The summed E-state index contributed by atoms with van der Waals surface area (Å²) in [5.74, 6) is -1.08. The molecular formula is C21H19F3N4O5. The number of hydrogen-bond acceptors (Lipinski definition) is 5. The first-order valence-corrected chi connectivity index (χ1v) is 9.82. The van der Waals surface area contributed by atoms with Crippen LogP contribution in [0.25, 0.3) is 10.9 Å². The molecule has 2 aromatic carbocycles. The van der Waals surface area contributed by atoms with Gasteiger partial charge < -0.3 is 4.90 Å². The summed E-state index contributed by atoms with van der Waals surface area (Å²) < 4.78 is 41.5. The van der Waals surface area contributed by atoms with Crippen LogP contribution in [-0.4, -0.2) is 37.6 Å². The van der Waals surface area contributed by atoms with E-state index in [2.05, 4.69) is 0 Å². The third-order valence-electron chi connectivity index (χ3n) is 5.01. The summed E-state index contributed by atoms with van der Waals surface area (Å²) in [5, 5.41) is 11.4. The van der Waals surface area contributed by atoms with E-state index in [0.29, 0.717) is 4.90 Å². The second-order valence-corrected chi connectivity index (χ2v) is 7.19. The average Bonchev–Trinajstić information content (AvgIpc) is 2.75. The average molecular weight is 464 g/mol. The molecule has 0 aliphatic carbocycles. The van der Waals surface area contributed by atoms with E-state index in [9.17, 15) is 37.7 Å². The van der Waals surface area contributed by atoms with Crippen LogP contribution in [0.5, 0.6) is 0 Å². The van der Waals surface area contributed by atoms with Gasteiger partial charge in [0.15, 0.2) is 0 Å². The Balaban J connectivity index is 2.06. The number of aromatic nitrogens is 2. The molecule has 0 unspecified atom stereocenters. The molecule has 3 rings (SSSR count). The first-order chi connectivity index (χ1) is 15.5. The predicted octanol–water partition coefficient (Wildman–Crippen LogP) is 2.68. The first kappa shape index (κ1) is 23.7. The third-order valence-corrected chi connectivity index (χ3v) is 5.01. The number of halogens is 3. The van der Waals surface area contributed by atoms with Gasteiger partial charge in [0.25, 0.3) is 11.2 Å². The Morgan fingerprint density at radius 2 is 1.70 bits per heavy atom. The van der Waals surface area contributed by atoms with Crippen LogP contribution >= 0.6 is 0 Å². The van der Waals surface area contributed by atoms with Crippen molar-refractivity contribution in [3.05, 3.63) is 85.0 Å². The highest BCUT2D eigenvalue weighted by atomic mass is 19.4. The van der Waals surface area contributed by atoms with E-state index in [1.165, 1.54) is 36.4 Å². The molecular weight excluding hydrogens is 445 g/mol. The van der Waals surface area contributed by atoms with Crippen molar-refractivity contribution in [1.82, 2.24) is 14.0 Å². The molecule has 0 atom stereocenters. The van der Waals surface area contributed by atoms with Crippen molar-refractivity contribution in [2.45, 2.75) is 32.7 Å². The van der Waals surface area contributed by atoms with Crippen molar-refractivity contribution in [1.29, 1.82) is 0 Å². The lowest BCUT2D eigenvalue weighted by molar-refractivity contribution is -0.385. The fraction of sp³-hybridized carbons (Fsp3) is 0.286. The third kappa shape index (κ3) is 5.10. The number of nitro benzene ring substituents is 1. The molecule has 174 valence electrons. The summed E-state index contributed by atoms with van der Waals surface area (Å²) >= 11 is 0. The minimum Gasteiger partial charge on any atom is -0.327 e. The van der Waals surface area contributed by atoms with Gasteiger partial charge in [0, 0.05) is 18.2 Å². The van der Waals surface area contributed by atoms with E-state index in [0.717, 1.165) is 15.2 Å². The lowest BCUT2D eigenvalue weighted by Gasteiger charge is -2.25. The molecule has 0 spiro atoms. The fourth-order valence-electron chi connectivity index (χ4n) is 3.51. The molecule has 0 aliphatic heterocycles. The van der Waals surface area contributed by atoms with Crippen LogP contribution in [0, 0.1) is 10.1 Å². The zero-order valence-electron chi connectivity index (χ0n) is 17.4. The minimum absolute atomic E-state index is 0.000827. The number of nitro groups is 1. The monoisotopic (exact) mass is 464 g/mol. The summed E-state index contributed by atoms with van der Waals surface area (Å²) in [4.78, 5) is 49.2. The summed E-state index contributed by atoms with van der Waals surface area (Å²) in [6.07, 6.45) is -4.78. The number of para-hydroxylation sites is 2. The molecule has 0 aliphatic rings. The minimum atomic E-state index is -4.78. The summed E-state index contributed by atoms with van der Waals surface area (Å²) in [7, 11) is 0. The van der Waals surface area contributed by atoms with Gasteiger partial charge >= 0.3 is 11.9 Å². The molecule has 0 N–H and O–H groups in total. The van der Waals surface area contributed by atoms with E-state index in [1.54, 1.807) is 13.0 Å². The number of hydrogen-bond donors (Lipinski definition) is 0. The SMILES string of the molecule is CCn1c(=O)c2ccccc2n(CC(=O)N(Cc2ccccc2[N+](=O)[O-])CC(F)(F)F)c1=O. The van der Waals surface area contributed by atoms with Gasteiger partial charge in [0.05, 0.1) is 22.4 Å². The number of carbonyl (C=O) groups is 1. The van der Waals surface area contributed by atoms with Crippen molar-refractivity contribution in [2.24, 2.45) is 0 Å². The van der Waals surface area contributed by atoms with Gasteiger partial charge in [-0.2, -0.15) is 13.2 Å². The Bertz CT molecular complexity index is 1330. The van der Waals surface area contributed by atoms with Gasteiger partial charge in [-0.05, 0) is 19.1 Å². The van der Waals surface area contributed by atoms with Crippen LogP contribution in [0.2, 0.25) is 0 Å². The molecule has 12 heteroatoms. The Hall–Kier alpha value is -3.96. The van der Waals surface area contributed by atoms with Crippen molar-refractivity contribution < 1.29 is 22.9 Å². The lowest BCUT2D eigenvalue weighted by atomic mass is 10.1. The van der Waals surface area contributed by atoms with Crippen LogP contribution < -0.4 is 11.2 Å². The quantitative estimate of drug-likeness (QED) is 0.395. The Morgan fingerprint density at radius 3 is 2.33 bits per heavy atom. The number of nitrogens with zero attached hydrogens (tertiary/aromatic N) is 4. The van der Waals surface area contributed by atoms with Crippen molar-refractivity contribution in [3.8, 4) is 0 Å². The van der Waals surface area contributed by atoms with Gasteiger partial charge in [-0.3, -0.25) is 28.8 Å². The van der Waals surface area contributed by atoms with E-state index < -0.39 is 53.6 Å². The van der Waals surface area contributed by atoms with Crippen molar-refractivity contribution >= 4 is 22.5 Å². The zero-order chi connectivity index (χ0) is 24.3. The number of alkyl halides is 3. The number of benzene rings is 2. The molecule has 0 saturated carbocycles. The zero-order valence-corrected chi connectivity index (χ0v) is 17.4. The van der Waals surface area contributed by atoms with E-state index in [-0.39, 0.29) is 23.0 Å². The van der Waals surface area contributed by atoms with Crippen LogP contribution in [0.15, 0.2) is 58.1 Å². The molecule has 0 radical (unpaired) electrons. The highest BCUT2D eigenvalue weighted by Crippen LogP contribution is 2.23. The maximum atomic E-state index is 13.2. The largest absolute Gasteiger partial charge is 0.406 e. The van der Waals surface area contributed by atoms with Crippen LogP contribution in [0.3, 0.4) is 0 Å². The summed E-state index contributed by atoms with van der Waals surface area (Å²) in [6, 6.07) is 11.1. The molecule has 1 amide bonds. The van der Waals surface area contributed by atoms with Gasteiger partial charge in [-0.1, -0.05) is 30.3 Å². The molecule has 1 heterocycles. The smallest absolute Gasteiger partial charge is 0.327 e. The number of fused-ring (bicyclic) bond motifs is 1. The molecule has 9 nitrogen and oxygen atoms in total. The fourth-order valence-corrected chi connectivity index (χ4v) is 3.51. The maximum absolute atomic E-state index is 13.2. The van der Waals surface area contributed by atoms with E-state index in [1.807, 2.05) is 0 Å². The Kier molecular flexibility index (Phi) is 6.65. The Labute approximate surface area is 184 Å². The number of carbonyl (C=O) groups excluding carboxylic acids is 1. The van der Waals surface area contributed by atoms with Crippen molar-refractivity contribution in [3.63, 3.8) is 0 Å². The molecule has 33 heavy (non-hydrogen) atoms. The summed E-state index contributed by atoms with van der Waals surface area (Å²) in [6.45, 7) is -1.59. The van der Waals surface area contributed by atoms with Crippen molar-refractivity contribution in [2.75, 3.05) is 6.54 Å².